The van der Waals surface area contributed by atoms with Crippen LogP contribution in [-0.4, -0.2) is 35.4 Å². The summed E-state index contributed by atoms with van der Waals surface area (Å²) in [5.74, 6) is 0.353. The first-order valence-electron chi connectivity index (χ1n) is 7.09. The smallest absolute Gasteiger partial charge is 0.164 e. The molecule has 0 bridgehead atoms. The molecule has 0 spiro atoms. The van der Waals surface area contributed by atoms with Crippen LogP contribution in [0.2, 0.25) is 0 Å². The standard InChI is InChI=1S/C15H22N2O/c1-11-10-13-14(4-3-5-15(13)18)17(11)12-6-8-16(2)9-7-12/h10,12H,3-9H2,1-2H3. The minimum Gasteiger partial charge on any atom is -0.345 e. The molecule has 3 rings (SSSR count). The van der Waals surface area contributed by atoms with Gasteiger partial charge in [0.2, 0.25) is 0 Å². The topological polar surface area (TPSA) is 25.2 Å². The van der Waals surface area contributed by atoms with E-state index in [1.165, 1.54) is 37.3 Å². The number of hydrogen-bond acceptors (Lipinski definition) is 2. The predicted octanol–water partition coefficient (Wildman–Crippen LogP) is 2.58. The molecular formula is C15H22N2O. The molecule has 1 aliphatic carbocycles. The molecule has 1 aromatic rings. The van der Waals surface area contributed by atoms with Crippen molar-refractivity contribution in [3.8, 4) is 0 Å². The molecule has 0 N–H and O–H groups in total. The van der Waals surface area contributed by atoms with E-state index in [1.807, 2.05) is 0 Å². The van der Waals surface area contributed by atoms with Gasteiger partial charge in [-0.05, 0) is 58.8 Å². The van der Waals surface area contributed by atoms with Crippen molar-refractivity contribution in [1.29, 1.82) is 0 Å². The van der Waals surface area contributed by atoms with Crippen LogP contribution in [0.15, 0.2) is 6.07 Å². The minimum absolute atomic E-state index is 0.353. The molecule has 0 aromatic carbocycles. The number of nitrogens with zero attached hydrogens (tertiary/aromatic N) is 2. The van der Waals surface area contributed by atoms with Crippen molar-refractivity contribution in [3.63, 3.8) is 0 Å². The maximum absolute atomic E-state index is 12.0. The Bertz CT molecular complexity index is 467. The van der Waals surface area contributed by atoms with E-state index in [2.05, 4.69) is 29.5 Å². The van der Waals surface area contributed by atoms with E-state index in [1.54, 1.807) is 0 Å². The van der Waals surface area contributed by atoms with Crippen molar-refractivity contribution < 1.29 is 4.79 Å². The van der Waals surface area contributed by atoms with E-state index in [9.17, 15) is 4.79 Å². The van der Waals surface area contributed by atoms with E-state index < -0.39 is 0 Å². The Morgan fingerprint density at radius 2 is 1.94 bits per heavy atom. The van der Waals surface area contributed by atoms with Crippen LogP contribution in [0.5, 0.6) is 0 Å². The average molecular weight is 246 g/mol. The second kappa shape index (κ2) is 4.54. The molecule has 0 radical (unpaired) electrons. The van der Waals surface area contributed by atoms with Crippen molar-refractivity contribution in [2.24, 2.45) is 0 Å². The summed E-state index contributed by atoms with van der Waals surface area (Å²) in [5, 5.41) is 0. The third-order valence-corrected chi connectivity index (χ3v) is 4.51. The normalized spacial score (nSPS) is 22.2. The number of Topliss-reactive ketones (excluding diaryl/α,β-unsaturated/α-hetero) is 1. The minimum atomic E-state index is 0.353. The fourth-order valence-electron chi connectivity index (χ4n) is 3.51. The van der Waals surface area contributed by atoms with Crippen LogP contribution in [0.25, 0.3) is 0 Å². The van der Waals surface area contributed by atoms with Crippen LogP contribution in [0.1, 0.15) is 53.5 Å². The van der Waals surface area contributed by atoms with Crippen molar-refractivity contribution >= 4 is 5.78 Å². The maximum atomic E-state index is 12.0. The number of piperidine rings is 1. The van der Waals surface area contributed by atoms with Gasteiger partial charge in [0, 0.05) is 29.4 Å². The van der Waals surface area contributed by atoms with Gasteiger partial charge < -0.3 is 9.47 Å². The predicted molar refractivity (Wildman–Crippen MR) is 72.2 cm³/mol. The van der Waals surface area contributed by atoms with Gasteiger partial charge in [-0.2, -0.15) is 0 Å². The SMILES string of the molecule is Cc1cc2c(n1C1CCN(C)CC1)CCCC2=O. The Kier molecular flexibility index (Phi) is 3.02. The van der Waals surface area contributed by atoms with Crippen LogP contribution in [0.4, 0.5) is 0 Å². The number of ketones is 1. The Hall–Kier alpha value is -1.09. The van der Waals surface area contributed by atoms with Crippen molar-refractivity contribution in [2.45, 2.75) is 45.1 Å². The first-order valence-corrected chi connectivity index (χ1v) is 7.09. The summed E-state index contributed by atoms with van der Waals surface area (Å²) in [6.07, 6.45) is 5.28. The van der Waals surface area contributed by atoms with Gasteiger partial charge in [0.1, 0.15) is 0 Å². The first-order chi connectivity index (χ1) is 8.66. The van der Waals surface area contributed by atoms with Gasteiger partial charge in [0.15, 0.2) is 5.78 Å². The summed E-state index contributed by atoms with van der Waals surface area (Å²) in [6.45, 7) is 4.50. The molecule has 2 aliphatic rings. The van der Waals surface area contributed by atoms with E-state index in [-0.39, 0.29) is 0 Å². The molecule has 1 fully saturated rings. The number of carbonyl (C=O) groups excluding carboxylic acids is 1. The fourth-order valence-corrected chi connectivity index (χ4v) is 3.51. The highest BCUT2D eigenvalue weighted by molar-refractivity contribution is 5.98. The monoisotopic (exact) mass is 246 g/mol. The lowest BCUT2D eigenvalue weighted by Gasteiger charge is -2.32. The second-order valence-corrected chi connectivity index (χ2v) is 5.83. The van der Waals surface area contributed by atoms with Crippen LogP contribution < -0.4 is 0 Å². The highest BCUT2D eigenvalue weighted by atomic mass is 16.1. The molecule has 0 amide bonds. The van der Waals surface area contributed by atoms with Crippen LogP contribution in [-0.2, 0) is 6.42 Å². The van der Waals surface area contributed by atoms with E-state index in [0.29, 0.717) is 11.8 Å². The Morgan fingerprint density at radius 3 is 2.67 bits per heavy atom. The fraction of sp³-hybridized carbons (Fsp3) is 0.667. The number of aryl methyl sites for hydroxylation is 1. The second-order valence-electron chi connectivity index (χ2n) is 5.83. The molecule has 98 valence electrons. The summed E-state index contributed by atoms with van der Waals surface area (Å²) >= 11 is 0. The number of rotatable bonds is 1. The van der Waals surface area contributed by atoms with Gasteiger partial charge in [0.05, 0.1) is 0 Å². The van der Waals surface area contributed by atoms with Gasteiger partial charge in [-0.1, -0.05) is 0 Å². The van der Waals surface area contributed by atoms with Crippen molar-refractivity contribution in [1.82, 2.24) is 9.47 Å². The number of carbonyl (C=O) groups is 1. The Morgan fingerprint density at radius 1 is 1.22 bits per heavy atom. The molecule has 18 heavy (non-hydrogen) atoms. The molecule has 0 atom stereocenters. The molecule has 2 heterocycles. The van der Waals surface area contributed by atoms with Crippen molar-refractivity contribution in [2.75, 3.05) is 20.1 Å². The molecular weight excluding hydrogens is 224 g/mol. The maximum Gasteiger partial charge on any atom is 0.164 e. The summed E-state index contributed by atoms with van der Waals surface area (Å²) < 4.78 is 2.47. The highest BCUT2D eigenvalue weighted by Crippen LogP contribution is 2.32. The molecule has 1 aromatic heterocycles. The Labute approximate surface area is 109 Å². The van der Waals surface area contributed by atoms with Gasteiger partial charge in [-0.3, -0.25) is 4.79 Å². The lowest BCUT2D eigenvalue weighted by Crippen LogP contribution is -2.32. The summed E-state index contributed by atoms with van der Waals surface area (Å²) in [6, 6.07) is 2.73. The lowest BCUT2D eigenvalue weighted by atomic mass is 9.96. The number of aromatic nitrogens is 1. The largest absolute Gasteiger partial charge is 0.345 e. The first kappa shape index (κ1) is 12.0. The molecule has 0 saturated carbocycles. The lowest BCUT2D eigenvalue weighted by molar-refractivity contribution is 0.0971. The third kappa shape index (κ3) is 1.91. The third-order valence-electron chi connectivity index (χ3n) is 4.51. The number of hydrogen-bond donors (Lipinski definition) is 0. The Balaban J connectivity index is 1.94. The van der Waals surface area contributed by atoms with Crippen LogP contribution >= 0.6 is 0 Å². The number of likely N-dealkylation sites (tertiary alicyclic amines) is 1. The summed E-state index contributed by atoms with van der Waals surface area (Å²) in [5.41, 5.74) is 3.61. The van der Waals surface area contributed by atoms with Crippen LogP contribution in [0.3, 0.4) is 0 Å². The highest BCUT2D eigenvalue weighted by Gasteiger charge is 2.27. The molecule has 1 aliphatic heterocycles. The zero-order chi connectivity index (χ0) is 12.7. The van der Waals surface area contributed by atoms with Crippen LogP contribution in [0, 0.1) is 6.92 Å². The van der Waals surface area contributed by atoms with Gasteiger partial charge in [-0.15, -0.1) is 0 Å². The zero-order valence-corrected chi connectivity index (χ0v) is 11.4. The quantitative estimate of drug-likeness (QED) is 0.761. The zero-order valence-electron chi connectivity index (χ0n) is 11.4. The van der Waals surface area contributed by atoms with E-state index in [0.717, 1.165) is 24.8 Å². The van der Waals surface area contributed by atoms with Gasteiger partial charge in [-0.25, -0.2) is 0 Å². The molecule has 0 unspecified atom stereocenters. The van der Waals surface area contributed by atoms with Crippen molar-refractivity contribution in [3.05, 3.63) is 23.0 Å². The van der Waals surface area contributed by atoms with E-state index in [4.69, 9.17) is 0 Å². The summed E-state index contributed by atoms with van der Waals surface area (Å²) in [4.78, 5) is 14.4. The molecule has 3 nitrogen and oxygen atoms in total. The van der Waals surface area contributed by atoms with Gasteiger partial charge in [0.25, 0.3) is 0 Å². The van der Waals surface area contributed by atoms with Gasteiger partial charge >= 0.3 is 0 Å². The molecule has 3 heteroatoms. The summed E-state index contributed by atoms with van der Waals surface area (Å²) in [7, 11) is 2.19. The molecule has 1 saturated heterocycles. The number of fused-ring (bicyclic) bond motifs is 1. The van der Waals surface area contributed by atoms with E-state index >= 15 is 0 Å². The average Bonchev–Trinajstić information content (AvgIpc) is 2.69.